The van der Waals surface area contributed by atoms with Crippen LogP contribution in [0.5, 0.6) is 0 Å². The molecule has 0 aromatic heterocycles. The van der Waals surface area contributed by atoms with E-state index >= 15 is 0 Å². The summed E-state index contributed by atoms with van der Waals surface area (Å²) in [5, 5.41) is 16.7. The maximum Gasteiger partial charge on any atom is 0.285 e. The number of anilines is 1. The van der Waals surface area contributed by atoms with Crippen molar-refractivity contribution >= 4 is 33.2 Å². The van der Waals surface area contributed by atoms with E-state index in [1.54, 1.807) is 12.1 Å². The first-order chi connectivity index (χ1) is 8.99. The van der Waals surface area contributed by atoms with Crippen LogP contribution in [0.1, 0.15) is 6.92 Å². The highest BCUT2D eigenvalue weighted by Crippen LogP contribution is 2.28. The number of nitro benzene ring substituents is 1. The Labute approximate surface area is 118 Å². The van der Waals surface area contributed by atoms with Crippen LogP contribution in [-0.2, 0) is 4.79 Å². The minimum Gasteiger partial charge on any atom is -0.326 e. The molecule has 7 heteroatoms. The van der Waals surface area contributed by atoms with Crippen molar-refractivity contribution < 1.29 is 9.72 Å². The summed E-state index contributed by atoms with van der Waals surface area (Å²) in [5.41, 5.74) is 0.384. The molecule has 1 aromatic carbocycles. The highest BCUT2D eigenvalue weighted by Gasteiger charge is 2.29. The predicted molar refractivity (Wildman–Crippen MR) is 74.9 cm³/mol. The molecule has 1 saturated heterocycles. The van der Waals surface area contributed by atoms with Crippen molar-refractivity contribution in [2.45, 2.75) is 6.92 Å². The van der Waals surface area contributed by atoms with Crippen molar-refractivity contribution in [3.63, 3.8) is 0 Å². The van der Waals surface area contributed by atoms with E-state index in [9.17, 15) is 14.9 Å². The average Bonchev–Trinajstić information content (AvgIpc) is 2.77. The van der Waals surface area contributed by atoms with Gasteiger partial charge in [-0.2, -0.15) is 0 Å². The molecule has 2 N–H and O–H groups in total. The third kappa shape index (κ3) is 3.10. The van der Waals surface area contributed by atoms with Gasteiger partial charge in [-0.15, -0.1) is 0 Å². The molecule has 1 amide bonds. The van der Waals surface area contributed by atoms with Crippen LogP contribution in [0.3, 0.4) is 0 Å². The highest BCUT2D eigenvalue weighted by atomic mass is 79.9. The first-order valence-corrected chi connectivity index (χ1v) is 6.74. The zero-order chi connectivity index (χ0) is 14.0. The molecule has 2 atom stereocenters. The maximum atomic E-state index is 12.1. The van der Waals surface area contributed by atoms with Gasteiger partial charge in [0.15, 0.2) is 0 Å². The van der Waals surface area contributed by atoms with Crippen molar-refractivity contribution in [1.82, 2.24) is 5.32 Å². The van der Waals surface area contributed by atoms with Crippen molar-refractivity contribution in [3.8, 4) is 0 Å². The van der Waals surface area contributed by atoms with E-state index in [1.165, 1.54) is 6.07 Å². The standard InChI is InChI=1S/C12H14BrN3O3/c1-7-5-14-6-9(7)12(17)15-8-2-3-10(13)11(4-8)16(18)19/h2-4,7,9,14H,5-6H2,1H3,(H,15,17)/t7-,9-/m1/s1. The van der Waals surface area contributed by atoms with E-state index in [1.807, 2.05) is 6.92 Å². The second kappa shape index (κ2) is 5.66. The lowest BCUT2D eigenvalue weighted by Crippen LogP contribution is -2.27. The SMILES string of the molecule is C[C@@H]1CNC[C@H]1C(=O)Nc1ccc(Br)c([N+](=O)[O-])c1. The lowest BCUT2D eigenvalue weighted by Gasteiger charge is -2.14. The van der Waals surface area contributed by atoms with Gasteiger partial charge in [0.05, 0.1) is 15.3 Å². The summed E-state index contributed by atoms with van der Waals surface area (Å²) >= 11 is 3.11. The number of carbonyl (C=O) groups excluding carboxylic acids is 1. The number of nitrogens with zero attached hydrogens (tertiary/aromatic N) is 1. The highest BCUT2D eigenvalue weighted by molar-refractivity contribution is 9.10. The van der Waals surface area contributed by atoms with E-state index in [2.05, 4.69) is 26.6 Å². The van der Waals surface area contributed by atoms with Crippen LogP contribution in [0.25, 0.3) is 0 Å². The minimum atomic E-state index is -0.487. The normalized spacial score (nSPS) is 22.2. The molecular weight excluding hydrogens is 314 g/mol. The second-order valence-corrected chi connectivity index (χ2v) is 5.51. The van der Waals surface area contributed by atoms with Gasteiger partial charge in [0.1, 0.15) is 0 Å². The first kappa shape index (κ1) is 14.0. The molecule has 1 heterocycles. The van der Waals surface area contributed by atoms with E-state index in [4.69, 9.17) is 0 Å². The predicted octanol–water partition coefficient (Wildman–Crippen LogP) is 2.15. The van der Waals surface area contributed by atoms with Crippen LogP contribution < -0.4 is 10.6 Å². The number of hydrogen-bond donors (Lipinski definition) is 2. The van der Waals surface area contributed by atoms with E-state index in [0.717, 1.165) is 6.54 Å². The Morgan fingerprint density at radius 3 is 2.84 bits per heavy atom. The third-order valence-electron chi connectivity index (χ3n) is 3.26. The number of amides is 1. The molecule has 1 aromatic rings. The number of rotatable bonds is 3. The lowest BCUT2D eigenvalue weighted by molar-refractivity contribution is -0.385. The van der Waals surface area contributed by atoms with Gasteiger partial charge in [-0.1, -0.05) is 6.92 Å². The monoisotopic (exact) mass is 327 g/mol. The number of hydrogen-bond acceptors (Lipinski definition) is 4. The summed E-state index contributed by atoms with van der Waals surface area (Å²) < 4.78 is 0.395. The van der Waals surface area contributed by atoms with E-state index in [0.29, 0.717) is 16.7 Å². The van der Waals surface area contributed by atoms with Crippen LogP contribution in [0, 0.1) is 22.0 Å². The quantitative estimate of drug-likeness (QED) is 0.658. The summed E-state index contributed by atoms with van der Waals surface area (Å²) in [6.07, 6.45) is 0. The largest absolute Gasteiger partial charge is 0.326 e. The van der Waals surface area contributed by atoms with Crippen LogP contribution in [0.4, 0.5) is 11.4 Å². The molecular formula is C12H14BrN3O3. The molecule has 0 spiro atoms. The van der Waals surface area contributed by atoms with Gasteiger partial charge in [0, 0.05) is 18.3 Å². The number of carbonyl (C=O) groups is 1. The van der Waals surface area contributed by atoms with Gasteiger partial charge in [-0.25, -0.2) is 0 Å². The molecule has 0 saturated carbocycles. The Hall–Kier alpha value is -1.47. The number of nitro groups is 1. The summed E-state index contributed by atoms with van der Waals surface area (Å²) in [6, 6.07) is 4.56. The third-order valence-corrected chi connectivity index (χ3v) is 3.94. The van der Waals surface area contributed by atoms with Gasteiger partial charge in [0.25, 0.3) is 5.69 Å². The maximum absolute atomic E-state index is 12.1. The van der Waals surface area contributed by atoms with Crippen molar-refractivity contribution in [2.75, 3.05) is 18.4 Å². The van der Waals surface area contributed by atoms with Gasteiger partial charge in [0.2, 0.25) is 5.91 Å². The first-order valence-electron chi connectivity index (χ1n) is 5.94. The minimum absolute atomic E-state index is 0.0598. The zero-order valence-electron chi connectivity index (χ0n) is 10.4. The molecule has 6 nitrogen and oxygen atoms in total. The molecule has 0 bridgehead atoms. The van der Waals surface area contributed by atoms with Crippen LogP contribution in [0.2, 0.25) is 0 Å². The van der Waals surface area contributed by atoms with Gasteiger partial charge in [-0.3, -0.25) is 14.9 Å². The van der Waals surface area contributed by atoms with Crippen LogP contribution >= 0.6 is 15.9 Å². The Kier molecular flexibility index (Phi) is 4.16. The number of nitrogens with one attached hydrogen (secondary N) is 2. The summed E-state index contributed by atoms with van der Waals surface area (Å²) in [4.78, 5) is 22.4. The van der Waals surface area contributed by atoms with E-state index < -0.39 is 4.92 Å². The fourth-order valence-corrected chi connectivity index (χ4v) is 2.52. The van der Waals surface area contributed by atoms with Crippen LogP contribution in [-0.4, -0.2) is 23.9 Å². The molecule has 1 fully saturated rings. The molecule has 0 unspecified atom stereocenters. The Morgan fingerprint density at radius 2 is 2.26 bits per heavy atom. The fraction of sp³-hybridized carbons (Fsp3) is 0.417. The Balaban J connectivity index is 2.13. The van der Waals surface area contributed by atoms with Crippen molar-refractivity contribution in [2.24, 2.45) is 11.8 Å². The lowest BCUT2D eigenvalue weighted by atomic mass is 9.97. The molecule has 0 radical (unpaired) electrons. The fourth-order valence-electron chi connectivity index (χ4n) is 2.13. The molecule has 0 aliphatic carbocycles. The van der Waals surface area contributed by atoms with E-state index in [-0.39, 0.29) is 23.4 Å². The average molecular weight is 328 g/mol. The number of benzene rings is 1. The Morgan fingerprint density at radius 1 is 1.53 bits per heavy atom. The van der Waals surface area contributed by atoms with Gasteiger partial charge < -0.3 is 10.6 Å². The zero-order valence-corrected chi connectivity index (χ0v) is 11.9. The van der Waals surface area contributed by atoms with Crippen LogP contribution in [0.15, 0.2) is 22.7 Å². The summed E-state index contributed by atoms with van der Waals surface area (Å²) in [7, 11) is 0. The molecule has 19 heavy (non-hydrogen) atoms. The topological polar surface area (TPSA) is 84.3 Å². The number of halogens is 1. The Bertz CT molecular complexity index is 521. The molecule has 102 valence electrons. The molecule has 2 rings (SSSR count). The summed E-state index contributed by atoms with van der Waals surface area (Å²) in [6.45, 7) is 3.47. The molecule has 1 aliphatic heterocycles. The summed E-state index contributed by atoms with van der Waals surface area (Å²) in [5.74, 6) is 0.0715. The van der Waals surface area contributed by atoms with Crippen molar-refractivity contribution in [1.29, 1.82) is 0 Å². The van der Waals surface area contributed by atoms with Gasteiger partial charge >= 0.3 is 0 Å². The second-order valence-electron chi connectivity index (χ2n) is 4.65. The smallest absolute Gasteiger partial charge is 0.285 e. The molecule has 1 aliphatic rings. The van der Waals surface area contributed by atoms with Gasteiger partial charge in [-0.05, 0) is 40.5 Å². The van der Waals surface area contributed by atoms with Crippen molar-refractivity contribution in [3.05, 3.63) is 32.8 Å².